The maximum Gasteiger partial charge on any atom is 0.437 e. The predicted molar refractivity (Wildman–Crippen MR) is 129 cm³/mol. The third-order valence-electron chi connectivity index (χ3n) is 5.31. The largest absolute Gasteiger partial charge is 0.437 e. The van der Waals surface area contributed by atoms with Gasteiger partial charge in [-0.2, -0.15) is 4.68 Å². The molecule has 0 saturated carbocycles. The molecule has 35 heavy (non-hydrogen) atoms. The van der Waals surface area contributed by atoms with E-state index in [4.69, 9.17) is 16.0 Å². The molecular formula is C23H22ClN5O5S. The molecule has 1 N–H and O–H groups in total. The number of imidazole rings is 1. The number of amides is 1. The van der Waals surface area contributed by atoms with Crippen LogP contribution in [0.3, 0.4) is 0 Å². The van der Waals surface area contributed by atoms with E-state index in [0.717, 1.165) is 22.2 Å². The van der Waals surface area contributed by atoms with Gasteiger partial charge in [-0.05, 0) is 42.3 Å². The van der Waals surface area contributed by atoms with Gasteiger partial charge in [-0.1, -0.05) is 35.9 Å². The van der Waals surface area contributed by atoms with Crippen molar-refractivity contribution >= 4 is 27.3 Å². The van der Waals surface area contributed by atoms with E-state index in [1.807, 2.05) is 23.6 Å². The van der Waals surface area contributed by atoms with Crippen molar-refractivity contribution in [3.8, 4) is 11.6 Å². The number of nitrogens with zero attached hydrogens (tertiary/aromatic N) is 4. The summed E-state index contributed by atoms with van der Waals surface area (Å²) in [6.07, 6.45) is 2.75. The molecule has 0 radical (unpaired) electrons. The summed E-state index contributed by atoms with van der Waals surface area (Å²) in [6.45, 7) is 2.21. The second-order valence-corrected chi connectivity index (χ2v) is 10.4. The topological polar surface area (TPSA) is 129 Å². The van der Waals surface area contributed by atoms with E-state index in [1.165, 1.54) is 12.1 Å². The van der Waals surface area contributed by atoms with Crippen molar-refractivity contribution in [3.63, 3.8) is 0 Å². The Balaban J connectivity index is 1.40. The van der Waals surface area contributed by atoms with Crippen molar-refractivity contribution in [1.82, 2.24) is 24.6 Å². The number of benzene rings is 2. The van der Waals surface area contributed by atoms with Gasteiger partial charge in [0.1, 0.15) is 12.2 Å². The number of rotatable bonds is 8. The molecule has 0 spiro atoms. The zero-order chi connectivity index (χ0) is 25.2. The average Bonchev–Trinajstić information content (AvgIpc) is 3.35. The molecule has 2 heterocycles. The number of carbonyl (C=O) groups is 1. The minimum Gasteiger partial charge on any atom is -0.386 e. The van der Waals surface area contributed by atoms with Crippen LogP contribution in [0.1, 0.15) is 16.8 Å². The lowest BCUT2D eigenvalue weighted by Gasteiger charge is -2.06. The first kappa shape index (κ1) is 24.4. The molecule has 10 nitrogen and oxygen atoms in total. The van der Waals surface area contributed by atoms with Gasteiger partial charge < -0.3 is 14.3 Å². The van der Waals surface area contributed by atoms with E-state index in [1.54, 1.807) is 30.6 Å². The van der Waals surface area contributed by atoms with Crippen LogP contribution in [0.15, 0.2) is 69.0 Å². The van der Waals surface area contributed by atoms with Crippen molar-refractivity contribution in [1.29, 1.82) is 0 Å². The van der Waals surface area contributed by atoms with Crippen LogP contribution < -0.4 is 11.1 Å². The number of nitrogens with one attached hydrogen (secondary N) is 1. The van der Waals surface area contributed by atoms with E-state index in [0.29, 0.717) is 22.8 Å². The van der Waals surface area contributed by atoms with Crippen molar-refractivity contribution in [2.75, 3.05) is 6.26 Å². The number of hydrogen-bond acceptors (Lipinski definition) is 7. The molecule has 0 atom stereocenters. The summed E-state index contributed by atoms with van der Waals surface area (Å²) in [5.41, 5.74) is 2.88. The molecule has 1 amide bonds. The van der Waals surface area contributed by atoms with E-state index >= 15 is 0 Å². The number of hydrogen-bond donors (Lipinski definition) is 1. The van der Waals surface area contributed by atoms with Crippen LogP contribution in [0.5, 0.6) is 0 Å². The summed E-state index contributed by atoms with van der Waals surface area (Å²) in [5, 5.41) is 7.44. The first-order chi connectivity index (χ1) is 16.6. The number of carbonyl (C=O) groups excluding carboxylic acids is 1. The molecule has 12 heteroatoms. The highest BCUT2D eigenvalue weighted by molar-refractivity contribution is 7.90. The highest BCUT2D eigenvalue weighted by Gasteiger charge is 2.18. The van der Waals surface area contributed by atoms with Crippen LogP contribution in [-0.4, -0.2) is 39.9 Å². The zero-order valence-corrected chi connectivity index (χ0v) is 20.5. The Kier molecular flexibility index (Phi) is 6.90. The normalized spacial score (nSPS) is 11.5. The second kappa shape index (κ2) is 9.88. The molecule has 0 aliphatic carbocycles. The molecule has 0 saturated heterocycles. The molecule has 0 unspecified atom stereocenters. The van der Waals surface area contributed by atoms with Gasteiger partial charge in [-0.25, -0.2) is 18.2 Å². The summed E-state index contributed by atoms with van der Waals surface area (Å²) >= 11 is 5.93. The quantitative estimate of drug-likeness (QED) is 0.381. The molecule has 182 valence electrons. The summed E-state index contributed by atoms with van der Waals surface area (Å²) in [5.74, 6) is -1.21. The summed E-state index contributed by atoms with van der Waals surface area (Å²) in [6, 6.07) is 13.6. The molecule has 2 aromatic heterocycles. The van der Waals surface area contributed by atoms with E-state index in [2.05, 4.69) is 15.4 Å². The highest BCUT2D eigenvalue weighted by atomic mass is 35.5. The van der Waals surface area contributed by atoms with Gasteiger partial charge in [-0.15, -0.1) is 5.10 Å². The molecule has 4 rings (SSSR count). The third-order valence-corrected chi connectivity index (χ3v) is 6.69. The minimum absolute atomic E-state index is 0.0199. The van der Waals surface area contributed by atoms with Crippen LogP contribution in [0.4, 0.5) is 0 Å². The number of aromatic nitrogens is 4. The average molecular weight is 516 g/mol. The lowest BCUT2D eigenvalue weighted by atomic mass is 10.2. The van der Waals surface area contributed by atoms with Crippen LogP contribution in [-0.2, 0) is 34.3 Å². The minimum atomic E-state index is -3.29. The van der Waals surface area contributed by atoms with E-state index in [-0.39, 0.29) is 23.9 Å². The maximum absolute atomic E-state index is 12.3. The molecule has 4 aromatic rings. The molecular weight excluding hydrogens is 494 g/mol. The van der Waals surface area contributed by atoms with Crippen LogP contribution in [0.2, 0.25) is 5.02 Å². The summed E-state index contributed by atoms with van der Waals surface area (Å²) < 4.78 is 31.1. The Morgan fingerprint density at radius 1 is 1.09 bits per heavy atom. The van der Waals surface area contributed by atoms with Crippen LogP contribution in [0, 0.1) is 6.92 Å². The lowest BCUT2D eigenvalue weighted by Crippen LogP contribution is -2.31. The van der Waals surface area contributed by atoms with Gasteiger partial charge in [0, 0.05) is 30.1 Å². The fourth-order valence-electron chi connectivity index (χ4n) is 3.35. The molecule has 2 aromatic carbocycles. The molecule has 0 bridgehead atoms. The van der Waals surface area contributed by atoms with Gasteiger partial charge in [-0.3, -0.25) is 4.79 Å². The predicted octanol–water partition coefficient (Wildman–Crippen LogP) is 2.43. The van der Waals surface area contributed by atoms with Gasteiger partial charge in [0.2, 0.25) is 5.91 Å². The summed E-state index contributed by atoms with van der Waals surface area (Å²) in [7, 11) is -3.29. The Labute approximate surface area is 206 Å². The Morgan fingerprint density at radius 2 is 1.74 bits per heavy atom. The first-order valence-electron chi connectivity index (χ1n) is 10.5. The van der Waals surface area contributed by atoms with Gasteiger partial charge in [0.25, 0.3) is 5.89 Å². The number of halogens is 1. The fraction of sp³-hybridized carbons (Fsp3) is 0.217. The Hall–Kier alpha value is -3.70. The van der Waals surface area contributed by atoms with Crippen molar-refractivity contribution in [2.24, 2.45) is 0 Å². The molecule has 0 aliphatic rings. The van der Waals surface area contributed by atoms with Gasteiger partial charge in [0.15, 0.2) is 9.84 Å². The van der Waals surface area contributed by atoms with E-state index < -0.39 is 21.5 Å². The smallest absolute Gasteiger partial charge is 0.386 e. The maximum atomic E-state index is 12.3. The van der Waals surface area contributed by atoms with Crippen molar-refractivity contribution in [2.45, 2.75) is 31.5 Å². The van der Waals surface area contributed by atoms with Crippen LogP contribution >= 0.6 is 11.6 Å². The van der Waals surface area contributed by atoms with Gasteiger partial charge in [0.05, 0.1) is 11.2 Å². The Bertz CT molecular complexity index is 1520. The summed E-state index contributed by atoms with van der Waals surface area (Å²) in [4.78, 5) is 29.1. The first-order valence-corrected chi connectivity index (χ1v) is 12.8. The zero-order valence-electron chi connectivity index (χ0n) is 18.9. The lowest BCUT2D eigenvalue weighted by molar-refractivity contribution is -0.122. The van der Waals surface area contributed by atoms with Gasteiger partial charge >= 0.3 is 5.76 Å². The Morgan fingerprint density at radius 3 is 2.40 bits per heavy atom. The monoisotopic (exact) mass is 515 g/mol. The van der Waals surface area contributed by atoms with Crippen molar-refractivity contribution < 1.29 is 17.6 Å². The SMILES string of the molecule is Cc1c(-c2nn(CC(=O)NCc3ccc(S(C)(=O)=O)cc3)c(=O)o2)ncn1Cc1ccc(Cl)cc1. The number of sulfone groups is 1. The molecule has 0 aliphatic heterocycles. The van der Waals surface area contributed by atoms with Crippen molar-refractivity contribution in [3.05, 3.63) is 87.3 Å². The van der Waals surface area contributed by atoms with Crippen LogP contribution in [0.25, 0.3) is 11.6 Å². The second-order valence-electron chi connectivity index (χ2n) is 7.96. The highest BCUT2D eigenvalue weighted by Crippen LogP contribution is 2.20. The third kappa shape index (κ3) is 5.87. The fourth-order valence-corrected chi connectivity index (χ4v) is 4.10. The molecule has 0 fully saturated rings. The van der Waals surface area contributed by atoms with E-state index in [9.17, 15) is 18.0 Å². The standard InChI is InChI=1S/C23H22ClN5O5S/c1-15-21(26-14-28(15)12-17-3-7-18(24)8-4-17)22-27-29(23(31)34-22)13-20(30)25-11-16-5-9-19(10-6-16)35(2,32)33/h3-10,14H,11-13H2,1-2H3,(H,25,30).